The molecule has 0 bridgehead atoms. The maximum atomic E-state index is 12.3. The summed E-state index contributed by atoms with van der Waals surface area (Å²) in [6.07, 6.45) is 0.957. The number of thiophene rings is 1. The maximum absolute atomic E-state index is 12.3. The topological polar surface area (TPSA) is 47.6 Å². The molecule has 1 amide bonds. The molecule has 4 nitrogen and oxygen atoms in total. The van der Waals surface area contributed by atoms with Crippen LogP contribution in [0.5, 0.6) is 11.5 Å². The predicted molar refractivity (Wildman–Crippen MR) is 97.2 cm³/mol. The number of ether oxygens (including phenoxy) is 2. The van der Waals surface area contributed by atoms with Gasteiger partial charge in [-0.15, -0.1) is 11.3 Å². The van der Waals surface area contributed by atoms with Crippen LogP contribution in [0.4, 0.5) is 0 Å². The summed E-state index contributed by atoms with van der Waals surface area (Å²) < 4.78 is 11.2. The molecule has 0 saturated carbocycles. The number of carbonyl (C=O) groups is 1. The summed E-state index contributed by atoms with van der Waals surface area (Å²) in [5, 5.41) is 3.00. The van der Waals surface area contributed by atoms with Crippen LogP contribution in [0, 0.1) is 5.41 Å². The Hall–Kier alpha value is -2.01. The highest BCUT2D eigenvalue weighted by molar-refractivity contribution is 7.17. The molecule has 0 saturated heterocycles. The Morgan fingerprint density at radius 1 is 1.12 bits per heavy atom. The van der Waals surface area contributed by atoms with Gasteiger partial charge in [0, 0.05) is 11.4 Å². The fourth-order valence-corrected chi connectivity index (χ4v) is 3.37. The zero-order chi connectivity index (χ0) is 17.2. The van der Waals surface area contributed by atoms with E-state index < -0.39 is 0 Å². The predicted octanol–water partition coefficient (Wildman–Crippen LogP) is 4.35. The summed E-state index contributed by atoms with van der Waals surface area (Å²) in [6.45, 7) is 8.37. The number of carbonyl (C=O) groups excluding carboxylic acids is 1. The van der Waals surface area contributed by atoms with E-state index in [1.54, 1.807) is 0 Å². The van der Waals surface area contributed by atoms with Crippen LogP contribution >= 0.6 is 11.3 Å². The molecule has 1 N–H and O–H groups in total. The number of hydrogen-bond donors (Lipinski definition) is 1. The number of nitrogens with one attached hydrogen (secondary N) is 1. The van der Waals surface area contributed by atoms with Crippen molar-refractivity contribution in [1.82, 2.24) is 5.32 Å². The number of rotatable bonds is 4. The molecule has 5 heteroatoms. The van der Waals surface area contributed by atoms with Gasteiger partial charge in [-0.25, -0.2) is 0 Å². The van der Waals surface area contributed by atoms with Gasteiger partial charge in [0.05, 0.1) is 4.88 Å². The lowest BCUT2D eigenvalue weighted by molar-refractivity contribution is 0.0953. The first-order valence-corrected chi connectivity index (χ1v) is 9.02. The molecule has 0 fully saturated rings. The number of benzene rings is 1. The van der Waals surface area contributed by atoms with Crippen molar-refractivity contribution in [2.45, 2.75) is 27.2 Å². The van der Waals surface area contributed by atoms with Gasteiger partial charge in [0.2, 0.25) is 0 Å². The molecular weight excluding hydrogens is 322 g/mol. The highest BCUT2D eigenvalue weighted by Gasteiger charge is 2.15. The van der Waals surface area contributed by atoms with Crippen molar-refractivity contribution in [1.29, 1.82) is 0 Å². The summed E-state index contributed by atoms with van der Waals surface area (Å²) in [5.74, 6) is 1.54. The van der Waals surface area contributed by atoms with Gasteiger partial charge < -0.3 is 14.8 Å². The SMILES string of the molecule is CC(C)(C)CCNC(=O)c1ccc(-c2ccc3c(c2)OCCO3)s1. The van der Waals surface area contributed by atoms with Crippen LogP contribution in [-0.2, 0) is 0 Å². The highest BCUT2D eigenvalue weighted by atomic mass is 32.1. The standard InChI is InChI=1S/C19H23NO3S/c1-19(2,3)8-9-20-18(21)17-7-6-16(24-17)13-4-5-14-15(12-13)23-11-10-22-14/h4-7,12H,8-11H2,1-3H3,(H,20,21). The van der Waals surface area contributed by atoms with Crippen LogP contribution in [0.1, 0.15) is 36.9 Å². The largest absolute Gasteiger partial charge is 0.486 e. The molecule has 1 aromatic carbocycles. The monoisotopic (exact) mass is 345 g/mol. The Bertz CT molecular complexity index is 730. The van der Waals surface area contributed by atoms with Crippen molar-refractivity contribution in [2.75, 3.05) is 19.8 Å². The van der Waals surface area contributed by atoms with Crippen molar-refractivity contribution in [3.8, 4) is 21.9 Å². The lowest BCUT2D eigenvalue weighted by Gasteiger charge is -2.18. The number of amides is 1. The van der Waals surface area contributed by atoms with Crippen LogP contribution in [0.25, 0.3) is 10.4 Å². The summed E-state index contributed by atoms with van der Waals surface area (Å²) in [5.41, 5.74) is 1.26. The molecule has 0 spiro atoms. The van der Waals surface area contributed by atoms with E-state index in [1.807, 2.05) is 30.3 Å². The Kier molecular flexibility index (Phi) is 4.81. The van der Waals surface area contributed by atoms with Crippen molar-refractivity contribution >= 4 is 17.2 Å². The zero-order valence-corrected chi connectivity index (χ0v) is 15.2. The Labute approximate surface area is 146 Å². The first kappa shape index (κ1) is 16.8. The van der Waals surface area contributed by atoms with E-state index >= 15 is 0 Å². The van der Waals surface area contributed by atoms with Gasteiger partial charge >= 0.3 is 0 Å². The van der Waals surface area contributed by atoms with Gasteiger partial charge in [0.25, 0.3) is 5.91 Å². The quantitative estimate of drug-likeness (QED) is 0.896. The Morgan fingerprint density at radius 3 is 2.62 bits per heavy atom. The van der Waals surface area contributed by atoms with Crippen LogP contribution in [-0.4, -0.2) is 25.7 Å². The molecule has 0 unspecified atom stereocenters. The van der Waals surface area contributed by atoms with Crippen LogP contribution in [0.2, 0.25) is 0 Å². The van der Waals surface area contributed by atoms with Gasteiger partial charge in [-0.2, -0.15) is 0 Å². The number of fused-ring (bicyclic) bond motifs is 1. The van der Waals surface area contributed by atoms with Gasteiger partial charge in [-0.05, 0) is 47.7 Å². The van der Waals surface area contributed by atoms with E-state index in [4.69, 9.17) is 9.47 Å². The van der Waals surface area contributed by atoms with Crippen molar-refractivity contribution in [3.05, 3.63) is 35.2 Å². The molecule has 0 aliphatic carbocycles. The van der Waals surface area contributed by atoms with Crippen molar-refractivity contribution in [2.24, 2.45) is 5.41 Å². The van der Waals surface area contributed by atoms with E-state index in [9.17, 15) is 4.79 Å². The van der Waals surface area contributed by atoms with Gasteiger partial charge in [-0.1, -0.05) is 20.8 Å². The first-order chi connectivity index (χ1) is 11.4. The maximum Gasteiger partial charge on any atom is 0.261 e. The minimum absolute atomic E-state index is 0.00644. The Balaban J connectivity index is 1.68. The molecular formula is C19H23NO3S. The normalized spacial score (nSPS) is 13.6. The third-order valence-corrected chi connectivity index (χ3v) is 4.95. The zero-order valence-electron chi connectivity index (χ0n) is 14.3. The average Bonchev–Trinajstić information content (AvgIpc) is 3.03. The summed E-state index contributed by atoms with van der Waals surface area (Å²) in [4.78, 5) is 14.0. The van der Waals surface area contributed by atoms with E-state index in [1.165, 1.54) is 11.3 Å². The summed E-state index contributed by atoms with van der Waals surface area (Å²) in [6, 6.07) is 9.76. The fourth-order valence-electron chi connectivity index (χ4n) is 2.45. The number of hydrogen-bond acceptors (Lipinski definition) is 4. The smallest absolute Gasteiger partial charge is 0.261 e. The molecule has 2 heterocycles. The van der Waals surface area contributed by atoms with E-state index in [0.717, 1.165) is 33.2 Å². The third-order valence-electron chi connectivity index (χ3n) is 3.82. The van der Waals surface area contributed by atoms with Crippen molar-refractivity contribution in [3.63, 3.8) is 0 Å². The summed E-state index contributed by atoms with van der Waals surface area (Å²) in [7, 11) is 0. The first-order valence-electron chi connectivity index (χ1n) is 8.20. The van der Waals surface area contributed by atoms with Crippen LogP contribution < -0.4 is 14.8 Å². The summed E-state index contributed by atoms with van der Waals surface area (Å²) >= 11 is 1.49. The van der Waals surface area contributed by atoms with Crippen LogP contribution in [0.3, 0.4) is 0 Å². The molecule has 3 rings (SSSR count). The molecule has 1 aliphatic heterocycles. The van der Waals surface area contributed by atoms with Gasteiger partial charge in [0.15, 0.2) is 11.5 Å². The molecule has 2 aromatic rings. The van der Waals surface area contributed by atoms with Gasteiger partial charge in [-0.3, -0.25) is 4.79 Å². The van der Waals surface area contributed by atoms with Gasteiger partial charge in [0.1, 0.15) is 13.2 Å². The highest BCUT2D eigenvalue weighted by Crippen LogP contribution is 2.36. The molecule has 1 aromatic heterocycles. The van der Waals surface area contributed by atoms with E-state index in [2.05, 4.69) is 26.1 Å². The van der Waals surface area contributed by atoms with E-state index in [0.29, 0.717) is 19.8 Å². The minimum atomic E-state index is -0.00644. The fraction of sp³-hybridized carbons (Fsp3) is 0.421. The average molecular weight is 345 g/mol. The second-order valence-corrected chi connectivity index (χ2v) is 8.17. The molecule has 24 heavy (non-hydrogen) atoms. The van der Waals surface area contributed by atoms with Crippen molar-refractivity contribution < 1.29 is 14.3 Å². The third kappa shape index (κ3) is 4.09. The lowest BCUT2D eigenvalue weighted by Crippen LogP contribution is -2.26. The van der Waals surface area contributed by atoms with E-state index in [-0.39, 0.29) is 11.3 Å². The molecule has 0 radical (unpaired) electrons. The van der Waals surface area contributed by atoms with Crippen LogP contribution in [0.15, 0.2) is 30.3 Å². The molecule has 128 valence electrons. The minimum Gasteiger partial charge on any atom is -0.486 e. The Morgan fingerprint density at radius 2 is 1.88 bits per heavy atom. The second-order valence-electron chi connectivity index (χ2n) is 7.09. The second kappa shape index (κ2) is 6.85. The molecule has 1 aliphatic rings. The molecule has 0 atom stereocenters. The lowest BCUT2D eigenvalue weighted by atomic mass is 9.92.